The Labute approximate surface area is 325 Å². The van der Waals surface area contributed by atoms with E-state index in [1.807, 2.05) is 64.4 Å². The predicted octanol–water partition coefficient (Wildman–Crippen LogP) is 6.07. The third kappa shape index (κ3) is 8.97. The maximum Gasteiger partial charge on any atom is 0.243 e. The number of nitrogens with one attached hydrogen (secondary N) is 1. The number of hydrogen-bond acceptors (Lipinski definition) is 11. The maximum absolute atomic E-state index is 14.2. The van der Waals surface area contributed by atoms with Crippen molar-refractivity contribution in [2.24, 2.45) is 17.3 Å². The van der Waals surface area contributed by atoms with E-state index in [1.165, 1.54) is 11.0 Å². The number of carbonyl (C=O) groups excluding carboxylic acids is 3. The number of rotatable bonds is 11. The van der Waals surface area contributed by atoms with Gasteiger partial charge in [-0.2, -0.15) is 0 Å². The number of aromatic nitrogens is 3. The molecule has 4 aromatic rings. The monoisotopic (exact) mass is 771 g/mol. The van der Waals surface area contributed by atoms with Gasteiger partial charge in [0.1, 0.15) is 11.8 Å². The van der Waals surface area contributed by atoms with Crippen LogP contribution >= 0.6 is 11.3 Å². The number of benzene rings is 2. The van der Waals surface area contributed by atoms with Crippen molar-refractivity contribution in [3.05, 3.63) is 71.1 Å². The molecular formula is C41H50FN7O5S. The number of piperidine rings is 1. The summed E-state index contributed by atoms with van der Waals surface area (Å²) in [5.74, 6) is -2.30. The Hall–Kier alpha value is -4.95. The van der Waals surface area contributed by atoms with Gasteiger partial charge in [-0.05, 0) is 67.3 Å². The fraction of sp³-hybridized carbons (Fsp3) is 0.463. The molecule has 2 aliphatic rings. The van der Waals surface area contributed by atoms with Crippen molar-refractivity contribution >= 4 is 40.4 Å². The van der Waals surface area contributed by atoms with Crippen LogP contribution in [0.15, 0.2) is 54.0 Å². The number of aliphatic hydroxyl groups is 1. The van der Waals surface area contributed by atoms with Gasteiger partial charge in [0.05, 0.1) is 39.6 Å². The summed E-state index contributed by atoms with van der Waals surface area (Å²) in [4.78, 5) is 50.5. The first-order valence-electron chi connectivity index (χ1n) is 18.8. The van der Waals surface area contributed by atoms with Crippen LogP contribution in [0.1, 0.15) is 77.1 Å². The van der Waals surface area contributed by atoms with Crippen LogP contribution in [0.25, 0.3) is 21.7 Å². The Morgan fingerprint density at radius 2 is 1.80 bits per heavy atom. The number of nitrogens with zero attached hydrogens (tertiary/aromatic N) is 5. The van der Waals surface area contributed by atoms with Crippen LogP contribution in [0.4, 0.5) is 15.9 Å². The minimum Gasteiger partial charge on any atom is -0.504 e. The van der Waals surface area contributed by atoms with Gasteiger partial charge in [-0.3, -0.25) is 14.4 Å². The molecule has 2 aliphatic heterocycles. The number of para-hydroxylation sites is 1. The number of ketones is 1. The zero-order valence-corrected chi connectivity index (χ0v) is 32.8. The molecule has 12 nitrogen and oxygen atoms in total. The number of hydrogen-bond donors (Lipinski definition) is 4. The summed E-state index contributed by atoms with van der Waals surface area (Å²) in [6.45, 7) is 10.9. The summed E-state index contributed by atoms with van der Waals surface area (Å²) in [6, 6.07) is 12.7. The van der Waals surface area contributed by atoms with E-state index in [1.54, 1.807) is 23.5 Å². The molecule has 292 valence electrons. The number of anilines is 2. The first kappa shape index (κ1) is 39.7. The highest BCUT2D eigenvalue weighted by molar-refractivity contribution is 7.13. The van der Waals surface area contributed by atoms with Crippen LogP contribution in [-0.4, -0.2) is 79.7 Å². The molecule has 0 bridgehead atoms. The van der Waals surface area contributed by atoms with Crippen molar-refractivity contribution < 1.29 is 29.0 Å². The lowest BCUT2D eigenvalue weighted by molar-refractivity contribution is -0.146. The molecule has 0 unspecified atom stereocenters. The second-order valence-corrected chi connectivity index (χ2v) is 16.8. The van der Waals surface area contributed by atoms with Crippen LogP contribution < -0.4 is 16.0 Å². The van der Waals surface area contributed by atoms with Gasteiger partial charge < -0.3 is 31.1 Å². The van der Waals surface area contributed by atoms with Gasteiger partial charge in [-0.15, -0.1) is 21.5 Å². The van der Waals surface area contributed by atoms with Gasteiger partial charge in [0.25, 0.3) is 0 Å². The molecule has 2 fully saturated rings. The molecule has 2 aromatic carbocycles. The van der Waals surface area contributed by atoms with E-state index in [0.29, 0.717) is 43.7 Å². The minimum absolute atomic E-state index is 0.0213. The molecule has 5 N–H and O–H groups in total. The van der Waals surface area contributed by atoms with Gasteiger partial charge in [0, 0.05) is 50.4 Å². The number of β-amino-alcohol motifs (C(OH)–C–C–N with tert-alkyl or cyclic N) is 1. The number of aliphatic hydroxyl groups excluding tert-OH is 1. The Balaban J connectivity index is 1.06. The summed E-state index contributed by atoms with van der Waals surface area (Å²) in [5, 5.41) is 32.1. The highest BCUT2D eigenvalue weighted by Gasteiger charge is 2.45. The average molecular weight is 772 g/mol. The Morgan fingerprint density at radius 1 is 1.09 bits per heavy atom. The Bertz CT molecular complexity index is 2030. The fourth-order valence-electron chi connectivity index (χ4n) is 7.67. The van der Waals surface area contributed by atoms with E-state index < -0.39 is 35.0 Å². The van der Waals surface area contributed by atoms with Crippen LogP contribution in [0.2, 0.25) is 0 Å². The maximum atomic E-state index is 14.2. The summed E-state index contributed by atoms with van der Waals surface area (Å²) >= 11 is 1.58. The average Bonchev–Trinajstić information content (AvgIpc) is 3.77. The van der Waals surface area contributed by atoms with Crippen molar-refractivity contribution in [2.75, 3.05) is 30.3 Å². The molecule has 0 spiro atoms. The number of nitrogens with two attached hydrogens (primary N) is 1. The van der Waals surface area contributed by atoms with Gasteiger partial charge in [-0.25, -0.2) is 9.37 Å². The zero-order valence-electron chi connectivity index (χ0n) is 32.0. The van der Waals surface area contributed by atoms with Gasteiger partial charge in [-0.1, -0.05) is 51.1 Å². The molecule has 14 heteroatoms. The molecular weight excluding hydrogens is 722 g/mol. The smallest absolute Gasteiger partial charge is 0.243 e. The van der Waals surface area contributed by atoms with Crippen LogP contribution in [0, 0.1) is 30.0 Å². The van der Waals surface area contributed by atoms with E-state index in [0.717, 1.165) is 27.8 Å². The fourth-order valence-corrected chi connectivity index (χ4v) is 8.49. The van der Waals surface area contributed by atoms with Gasteiger partial charge >= 0.3 is 0 Å². The molecule has 2 amide bonds. The molecule has 2 saturated heterocycles. The number of aromatic hydroxyl groups is 1. The largest absolute Gasteiger partial charge is 0.504 e. The minimum atomic E-state index is -0.853. The second kappa shape index (κ2) is 16.4. The summed E-state index contributed by atoms with van der Waals surface area (Å²) < 4.78 is 14.0. The predicted molar refractivity (Wildman–Crippen MR) is 211 cm³/mol. The quantitative estimate of drug-likeness (QED) is 0.140. The van der Waals surface area contributed by atoms with Crippen molar-refractivity contribution in [1.82, 2.24) is 25.4 Å². The molecule has 55 heavy (non-hydrogen) atoms. The Morgan fingerprint density at radius 3 is 2.45 bits per heavy atom. The van der Waals surface area contributed by atoms with E-state index >= 15 is 0 Å². The van der Waals surface area contributed by atoms with Crippen molar-refractivity contribution in [2.45, 2.75) is 84.9 Å². The second-order valence-electron chi connectivity index (χ2n) is 15.9. The highest BCUT2D eigenvalue weighted by Crippen LogP contribution is 2.37. The number of amides is 2. The molecule has 4 atom stereocenters. The number of carbonyl (C=O) groups is 3. The third-order valence-electron chi connectivity index (χ3n) is 11.0. The lowest BCUT2D eigenvalue weighted by atomic mass is 9.75. The van der Waals surface area contributed by atoms with Crippen LogP contribution in [0.3, 0.4) is 0 Å². The Kier molecular flexibility index (Phi) is 11.9. The molecule has 0 saturated carbocycles. The van der Waals surface area contributed by atoms with E-state index in [2.05, 4.69) is 25.4 Å². The van der Waals surface area contributed by atoms with E-state index in [9.17, 15) is 29.0 Å². The van der Waals surface area contributed by atoms with Gasteiger partial charge in [0.2, 0.25) is 11.8 Å². The lowest BCUT2D eigenvalue weighted by Crippen LogP contribution is -2.50. The normalized spacial score (nSPS) is 19.0. The number of thiazole rings is 1. The number of phenols is 1. The first-order valence-corrected chi connectivity index (χ1v) is 19.7. The molecule has 0 radical (unpaired) electrons. The summed E-state index contributed by atoms with van der Waals surface area (Å²) in [6.07, 6.45) is 1.03. The standard InChI is InChI=1S/C41H50FN7O5S/c1-23(26-9-11-27(12-10-26)37-24(2)44-22-55-37)45-39(53)35-19-29(51)21-49(35)40(54)31(41(3,4)5)18-28(50)17-25-13-15-48(16-14-25)34-20-33(46-47-38(34)43)30-7-6-8-32(42)36(30)52/h6-12,20,22-23,25,29,31,35,51-52H,13-19,21H2,1-5H3,(H2,43,47)(H,45,53)/t23-,29+,31+,35-/m0/s1. The first-order chi connectivity index (χ1) is 26.1. The molecule has 6 rings (SSSR count). The third-order valence-corrected chi connectivity index (χ3v) is 11.9. The molecule has 0 aliphatic carbocycles. The van der Waals surface area contributed by atoms with E-state index in [4.69, 9.17) is 5.73 Å². The topological polar surface area (TPSA) is 175 Å². The van der Waals surface area contributed by atoms with E-state index in [-0.39, 0.29) is 60.3 Å². The highest BCUT2D eigenvalue weighted by atomic mass is 32.1. The zero-order chi connectivity index (χ0) is 39.6. The number of nitrogen functional groups attached to an aromatic ring is 1. The van der Waals surface area contributed by atoms with Crippen molar-refractivity contribution in [3.8, 4) is 27.4 Å². The number of aryl methyl sites for hydroxylation is 1. The summed E-state index contributed by atoms with van der Waals surface area (Å²) in [7, 11) is 0. The lowest BCUT2D eigenvalue weighted by Gasteiger charge is -2.36. The number of Topliss-reactive ketones (excluding diaryl/α,β-unsaturated/α-hetero) is 1. The number of halogens is 1. The molecule has 4 heterocycles. The van der Waals surface area contributed by atoms with Crippen molar-refractivity contribution in [3.63, 3.8) is 0 Å². The number of phenolic OH excluding ortho intramolecular Hbond substituents is 1. The van der Waals surface area contributed by atoms with Crippen LogP contribution in [-0.2, 0) is 14.4 Å². The molecule has 2 aromatic heterocycles. The SMILES string of the molecule is Cc1ncsc1-c1ccc([C@H](C)NC(=O)[C@@H]2C[C@@H](O)CN2C(=O)[C@@H](CC(=O)CC2CCN(c3cc(-c4cccc(F)c4O)nnc3N)CC2)C(C)(C)C)cc1. The van der Waals surface area contributed by atoms with Crippen molar-refractivity contribution in [1.29, 1.82) is 0 Å². The summed E-state index contributed by atoms with van der Waals surface area (Å²) in [5.41, 5.74) is 11.5. The number of likely N-dealkylation sites (tertiary alicyclic amines) is 1. The van der Waals surface area contributed by atoms with Crippen LogP contribution in [0.5, 0.6) is 5.75 Å². The van der Waals surface area contributed by atoms with Gasteiger partial charge in [0.15, 0.2) is 17.4 Å².